The zero-order chi connectivity index (χ0) is 18.7. The van der Waals surface area contributed by atoms with Gasteiger partial charge in [0.2, 0.25) is 0 Å². The summed E-state index contributed by atoms with van der Waals surface area (Å²) in [7, 11) is 2.94. The molecule has 1 fully saturated rings. The Hall–Kier alpha value is -2.85. The predicted molar refractivity (Wildman–Crippen MR) is 98.0 cm³/mol. The first-order valence-electron chi connectivity index (χ1n) is 8.62. The molecule has 26 heavy (non-hydrogen) atoms. The van der Waals surface area contributed by atoms with Gasteiger partial charge in [0, 0.05) is 27.3 Å². The van der Waals surface area contributed by atoms with Crippen LogP contribution in [0.4, 0.5) is 5.82 Å². The molecule has 7 nitrogen and oxygen atoms in total. The van der Waals surface area contributed by atoms with Crippen LogP contribution in [0.1, 0.15) is 30.0 Å². The van der Waals surface area contributed by atoms with Crippen molar-refractivity contribution in [1.29, 1.82) is 5.26 Å². The molecule has 1 aromatic carbocycles. The van der Waals surface area contributed by atoms with Crippen LogP contribution >= 0.6 is 0 Å². The molecule has 3 rings (SSSR count). The molecule has 0 amide bonds. The summed E-state index contributed by atoms with van der Waals surface area (Å²) in [5.74, 6) is 0.648. The summed E-state index contributed by atoms with van der Waals surface area (Å²) >= 11 is 0. The second-order valence-corrected chi connectivity index (χ2v) is 6.61. The summed E-state index contributed by atoms with van der Waals surface area (Å²) in [5.41, 5.74) is -0.0729. The van der Waals surface area contributed by atoms with E-state index in [-0.39, 0.29) is 17.4 Å². The summed E-state index contributed by atoms with van der Waals surface area (Å²) in [5, 5.41) is 12.8. The Labute approximate surface area is 151 Å². The average Bonchev–Trinajstić information content (AvgIpc) is 3.18. The van der Waals surface area contributed by atoms with Crippen LogP contribution in [0.15, 0.2) is 39.9 Å². The van der Waals surface area contributed by atoms with Crippen molar-refractivity contribution in [1.82, 2.24) is 9.13 Å². The minimum atomic E-state index is -0.589. The molecule has 0 bridgehead atoms. The van der Waals surface area contributed by atoms with Crippen LogP contribution in [0.5, 0.6) is 0 Å². The van der Waals surface area contributed by atoms with E-state index in [1.807, 2.05) is 36.4 Å². The lowest BCUT2D eigenvalue weighted by atomic mass is 9.94. The van der Waals surface area contributed by atoms with E-state index < -0.39 is 11.2 Å². The normalized spacial score (nSPS) is 17.7. The van der Waals surface area contributed by atoms with Crippen molar-refractivity contribution in [3.8, 4) is 6.07 Å². The van der Waals surface area contributed by atoms with Crippen LogP contribution in [-0.2, 0) is 18.8 Å². The van der Waals surface area contributed by atoms with Gasteiger partial charge >= 0.3 is 5.69 Å². The number of hydrogen-bond acceptors (Lipinski definition) is 5. The summed E-state index contributed by atoms with van der Waals surface area (Å²) in [6.45, 7) is 1.45. The van der Waals surface area contributed by atoms with E-state index in [9.17, 15) is 14.9 Å². The van der Waals surface area contributed by atoms with Crippen molar-refractivity contribution in [2.24, 2.45) is 20.0 Å². The minimum Gasteiger partial charge on any atom is -0.381 e. The number of ether oxygens (including phenoxy) is 1. The van der Waals surface area contributed by atoms with E-state index in [1.165, 1.54) is 11.6 Å². The minimum absolute atomic E-state index is 0.0572. The van der Waals surface area contributed by atoms with E-state index in [1.54, 1.807) is 7.05 Å². The molecule has 0 radical (unpaired) electrons. The number of anilines is 1. The molecular weight excluding hydrogens is 332 g/mol. The first kappa shape index (κ1) is 18.0. The van der Waals surface area contributed by atoms with Gasteiger partial charge in [-0.25, -0.2) is 4.79 Å². The molecule has 1 N–H and O–H groups in total. The quantitative estimate of drug-likeness (QED) is 0.880. The monoisotopic (exact) mass is 354 g/mol. The maximum atomic E-state index is 12.3. The Morgan fingerprint density at radius 2 is 2.00 bits per heavy atom. The van der Waals surface area contributed by atoms with Crippen molar-refractivity contribution in [3.63, 3.8) is 0 Å². The lowest BCUT2D eigenvalue weighted by Gasteiger charge is -2.24. The van der Waals surface area contributed by atoms with Crippen molar-refractivity contribution in [3.05, 3.63) is 62.3 Å². The van der Waals surface area contributed by atoms with Crippen LogP contribution in [0.25, 0.3) is 0 Å². The largest absolute Gasteiger partial charge is 0.381 e. The average molecular weight is 354 g/mol. The van der Waals surface area contributed by atoms with Gasteiger partial charge in [0.05, 0.1) is 6.04 Å². The van der Waals surface area contributed by atoms with Crippen LogP contribution in [0, 0.1) is 17.2 Å². The molecule has 0 aliphatic carbocycles. The smallest absolute Gasteiger partial charge is 0.332 e. The zero-order valence-corrected chi connectivity index (χ0v) is 14.9. The molecule has 7 heteroatoms. The Bertz CT molecular complexity index is 934. The molecule has 2 unspecified atom stereocenters. The van der Waals surface area contributed by atoms with Crippen LogP contribution in [-0.4, -0.2) is 22.3 Å². The second-order valence-electron chi connectivity index (χ2n) is 6.61. The number of rotatable bonds is 5. The van der Waals surface area contributed by atoms with Gasteiger partial charge in [-0.2, -0.15) is 5.26 Å². The highest BCUT2D eigenvalue weighted by Crippen LogP contribution is 2.29. The van der Waals surface area contributed by atoms with Crippen molar-refractivity contribution in [2.45, 2.75) is 18.9 Å². The van der Waals surface area contributed by atoms with E-state index in [0.717, 1.165) is 29.6 Å². The first-order chi connectivity index (χ1) is 12.5. The third-order valence-corrected chi connectivity index (χ3v) is 4.88. The van der Waals surface area contributed by atoms with Gasteiger partial charge in [0.1, 0.15) is 11.9 Å². The molecule has 0 saturated carbocycles. The fourth-order valence-electron chi connectivity index (χ4n) is 3.35. The maximum absolute atomic E-state index is 12.3. The summed E-state index contributed by atoms with van der Waals surface area (Å²) in [6, 6.07) is 11.6. The van der Waals surface area contributed by atoms with Crippen molar-refractivity contribution in [2.75, 3.05) is 18.5 Å². The lowest BCUT2D eigenvalue weighted by molar-refractivity contribution is 0.183. The molecule has 1 aliphatic heterocycles. The number of benzene rings is 1. The van der Waals surface area contributed by atoms with E-state index in [2.05, 4.69) is 5.32 Å². The molecule has 2 heterocycles. The standard InChI is InChI=1S/C19H22N4O3/c1-22-17(15(11-20)18(24)23(2)19(22)25)21-16(10-13-8-9-26-12-13)14-6-4-3-5-7-14/h3-7,13,16,21H,8-10,12H2,1-2H3. The van der Waals surface area contributed by atoms with Gasteiger partial charge in [-0.05, 0) is 24.3 Å². The van der Waals surface area contributed by atoms with Crippen molar-refractivity contribution < 1.29 is 4.74 Å². The summed E-state index contributed by atoms with van der Waals surface area (Å²) in [6.07, 6.45) is 1.77. The molecule has 0 spiro atoms. The molecular formula is C19H22N4O3. The number of nitrogens with zero attached hydrogens (tertiary/aromatic N) is 3. The maximum Gasteiger partial charge on any atom is 0.332 e. The highest BCUT2D eigenvalue weighted by molar-refractivity contribution is 5.52. The van der Waals surface area contributed by atoms with Gasteiger partial charge in [-0.3, -0.25) is 13.9 Å². The first-order valence-corrected chi connectivity index (χ1v) is 8.62. The Balaban J connectivity index is 2.03. The van der Waals surface area contributed by atoms with Gasteiger partial charge in [-0.1, -0.05) is 30.3 Å². The van der Waals surface area contributed by atoms with E-state index in [0.29, 0.717) is 12.5 Å². The van der Waals surface area contributed by atoms with Crippen molar-refractivity contribution >= 4 is 5.82 Å². The SMILES string of the molecule is Cn1c(NC(CC2CCOC2)c2ccccc2)c(C#N)c(=O)n(C)c1=O. The van der Waals surface area contributed by atoms with Gasteiger partial charge in [-0.15, -0.1) is 0 Å². The Morgan fingerprint density at radius 3 is 2.62 bits per heavy atom. The number of nitriles is 1. The van der Waals surface area contributed by atoms with E-state index in [4.69, 9.17) is 4.74 Å². The summed E-state index contributed by atoms with van der Waals surface area (Å²) in [4.78, 5) is 24.6. The third-order valence-electron chi connectivity index (χ3n) is 4.88. The third kappa shape index (κ3) is 3.41. The molecule has 2 aromatic rings. The lowest BCUT2D eigenvalue weighted by Crippen LogP contribution is -2.40. The number of nitrogens with one attached hydrogen (secondary N) is 1. The predicted octanol–water partition coefficient (Wildman–Crippen LogP) is 1.54. The van der Waals surface area contributed by atoms with Crippen LogP contribution in [0.2, 0.25) is 0 Å². The van der Waals surface area contributed by atoms with Gasteiger partial charge < -0.3 is 10.1 Å². The van der Waals surface area contributed by atoms with Gasteiger partial charge in [0.15, 0.2) is 5.56 Å². The van der Waals surface area contributed by atoms with Crippen LogP contribution in [0.3, 0.4) is 0 Å². The molecule has 1 saturated heterocycles. The van der Waals surface area contributed by atoms with Gasteiger partial charge in [0.25, 0.3) is 5.56 Å². The highest BCUT2D eigenvalue weighted by Gasteiger charge is 2.24. The number of hydrogen-bond donors (Lipinski definition) is 1. The second kappa shape index (κ2) is 7.58. The van der Waals surface area contributed by atoms with E-state index >= 15 is 0 Å². The molecule has 136 valence electrons. The molecule has 1 aromatic heterocycles. The fourth-order valence-corrected chi connectivity index (χ4v) is 3.35. The Morgan fingerprint density at radius 1 is 1.27 bits per heavy atom. The highest BCUT2D eigenvalue weighted by atomic mass is 16.5. The fraction of sp³-hybridized carbons (Fsp3) is 0.421. The Kier molecular flexibility index (Phi) is 5.24. The zero-order valence-electron chi connectivity index (χ0n) is 14.9. The number of aromatic nitrogens is 2. The van der Waals surface area contributed by atoms with Crippen LogP contribution < -0.4 is 16.6 Å². The molecule has 1 aliphatic rings. The molecule has 2 atom stereocenters. The topological polar surface area (TPSA) is 89.1 Å². The summed E-state index contributed by atoms with van der Waals surface area (Å²) < 4.78 is 7.75.